The van der Waals surface area contributed by atoms with Crippen molar-refractivity contribution in [3.05, 3.63) is 29.3 Å². The Morgan fingerprint density at radius 1 is 1.20 bits per heavy atom. The molecule has 0 aliphatic carbocycles. The van der Waals surface area contributed by atoms with E-state index in [4.69, 9.17) is 4.74 Å². The molecule has 0 aromatic heterocycles. The van der Waals surface area contributed by atoms with Gasteiger partial charge in [0.1, 0.15) is 0 Å². The van der Waals surface area contributed by atoms with Gasteiger partial charge in [0.25, 0.3) is 0 Å². The SMILES string of the molecule is CCNCc1cc(F)c(OCCC(=O)NCC)c(F)c1. The second kappa shape index (κ2) is 8.47. The Balaban J connectivity index is 2.59. The fourth-order valence-electron chi connectivity index (χ4n) is 1.65. The minimum atomic E-state index is -0.756. The van der Waals surface area contributed by atoms with Gasteiger partial charge in [0, 0.05) is 13.1 Å². The van der Waals surface area contributed by atoms with Crippen molar-refractivity contribution in [1.82, 2.24) is 10.6 Å². The first-order chi connectivity index (χ1) is 9.58. The van der Waals surface area contributed by atoms with Gasteiger partial charge in [-0.3, -0.25) is 4.79 Å². The van der Waals surface area contributed by atoms with E-state index >= 15 is 0 Å². The molecule has 4 nitrogen and oxygen atoms in total. The zero-order chi connectivity index (χ0) is 15.0. The topological polar surface area (TPSA) is 50.4 Å². The molecule has 0 saturated heterocycles. The van der Waals surface area contributed by atoms with Crippen molar-refractivity contribution >= 4 is 5.91 Å². The van der Waals surface area contributed by atoms with E-state index in [9.17, 15) is 13.6 Å². The van der Waals surface area contributed by atoms with Gasteiger partial charge in [-0.05, 0) is 31.2 Å². The number of carbonyl (C=O) groups excluding carboxylic acids is 1. The van der Waals surface area contributed by atoms with Crippen LogP contribution in [0.15, 0.2) is 12.1 Å². The van der Waals surface area contributed by atoms with Gasteiger partial charge in [0.05, 0.1) is 13.0 Å². The van der Waals surface area contributed by atoms with Gasteiger partial charge in [-0.2, -0.15) is 0 Å². The number of carbonyl (C=O) groups is 1. The lowest BCUT2D eigenvalue weighted by atomic mass is 10.2. The lowest BCUT2D eigenvalue weighted by molar-refractivity contribution is -0.121. The molecule has 0 saturated carbocycles. The van der Waals surface area contributed by atoms with E-state index in [1.165, 1.54) is 12.1 Å². The van der Waals surface area contributed by atoms with Gasteiger partial charge in [-0.25, -0.2) is 8.78 Å². The molecule has 0 bridgehead atoms. The number of benzene rings is 1. The van der Waals surface area contributed by atoms with Crippen LogP contribution in [0, 0.1) is 11.6 Å². The number of ether oxygens (including phenoxy) is 1. The predicted molar refractivity (Wildman–Crippen MR) is 72.5 cm³/mol. The van der Waals surface area contributed by atoms with Crippen LogP contribution in [0.25, 0.3) is 0 Å². The van der Waals surface area contributed by atoms with Gasteiger partial charge >= 0.3 is 0 Å². The Bertz CT molecular complexity index is 430. The third-order valence-corrected chi connectivity index (χ3v) is 2.59. The average molecular weight is 286 g/mol. The summed E-state index contributed by atoms with van der Waals surface area (Å²) >= 11 is 0. The molecule has 0 aliphatic heterocycles. The highest BCUT2D eigenvalue weighted by atomic mass is 19.1. The molecule has 1 aromatic carbocycles. The summed E-state index contributed by atoms with van der Waals surface area (Å²) in [4.78, 5) is 11.2. The number of rotatable bonds is 8. The fraction of sp³-hybridized carbons (Fsp3) is 0.500. The van der Waals surface area contributed by atoms with Gasteiger partial charge < -0.3 is 15.4 Å². The van der Waals surface area contributed by atoms with Crippen molar-refractivity contribution in [3.63, 3.8) is 0 Å². The zero-order valence-electron chi connectivity index (χ0n) is 11.8. The molecule has 0 radical (unpaired) electrons. The number of hydrogen-bond acceptors (Lipinski definition) is 3. The van der Waals surface area contributed by atoms with E-state index in [1.807, 2.05) is 6.92 Å². The molecule has 20 heavy (non-hydrogen) atoms. The second-order valence-electron chi connectivity index (χ2n) is 4.22. The lowest BCUT2D eigenvalue weighted by Gasteiger charge is -2.10. The van der Waals surface area contributed by atoms with Crippen LogP contribution in [0.1, 0.15) is 25.8 Å². The number of nitrogens with one attached hydrogen (secondary N) is 2. The number of hydrogen-bond donors (Lipinski definition) is 2. The van der Waals surface area contributed by atoms with Crippen LogP contribution >= 0.6 is 0 Å². The molecule has 2 N–H and O–H groups in total. The normalized spacial score (nSPS) is 10.4. The first-order valence-electron chi connectivity index (χ1n) is 6.66. The molecule has 0 unspecified atom stereocenters. The van der Waals surface area contributed by atoms with Crippen molar-refractivity contribution in [2.24, 2.45) is 0 Å². The molecule has 1 rings (SSSR count). The maximum atomic E-state index is 13.7. The lowest BCUT2D eigenvalue weighted by Crippen LogP contribution is -2.24. The third kappa shape index (κ3) is 5.13. The molecule has 1 amide bonds. The summed E-state index contributed by atoms with van der Waals surface area (Å²) in [5, 5.41) is 5.56. The first kappa shape index (κ1) is 16.4. The fourth-order valence-corrected chi connectivity index (χ4v) is 1.65. The summed E-state index contributed by atoms with van der Waals surface area (Å²) in [6.45, 7) is 5.26. The van der Waals surface area contributed by atoms with E-state index in [0.29, 0.717) is 25.2 Å². The molecule has 6 heteroatoms. The zero-order valence-corrected chi connectivity index (χ0v) is 11.8. The van der Waals surface area contributed by atoms with Crippen LogP contribution in [-0.2, 0) is 11.3 Å². The minimum Gasteiger partial charge on any atom is -0.487 e. The summed E-state index contributed by atoms with van der Waals surface area (Å²) in [5.74, 6) is -2.16. The Labute approximate surface area is 117 Å². The van der Waals surface area contributed by atoms with E-state index in [2.05, 4.69) is 10.6 Å². The highest BCUT2D eigenvalue weighted by Gasteiger charge is 2.13. The molecular weight excluding hydrogens is 266 g/mol. The van der Waals surface area contributed by atoms with Crippen LogP contribution in [0.4, 0.5) is 8.78 Å². The van der Waals surface area contributed by atoms with E-state index < -0.39 is 17.4 Å². The Morgan fingerprint density at radius 2 is 1.85 bits per heavy atom. The molecule has 0 aliphatic rings. The van der Waals surface area contributed by atoms with Gasteiger partial charge in [-0.1, -0.05) is 6.92 Å². The molecule has 0 heterocycles. The van der Waals surface area contributed by atoms with Crippen molar-refractivity contribution < 1.29 is 18.3 Å². The van der Waals surface area contributed by atoms with E-state index in [0.717, 1.165) is 0 Å². The summed E-state index contributed by atoms with van der Waals surface area (Å²) < 4.78 is 32.4. The molecule has 0 fully saturated rings. The quantitative estimate of drug-likeness (QED) is 0.768. The number of halogens is 2. The van der Waals surface area contributed by atoms with E-state index in [-0.39, 0.29) is 18.9 Å². The Morgan fingerprint density at radius 3 is 2.40 bits per heavy atom. The monoisotopic (exact) mass is 286 g/mol. The third-order valence-electron chi connectivity index (χ3n) is 2.59. The molecule has 1 aromatic rings. The minimum absolute atomic E-state index is 0.0614. The largest absolute Gasteiger partial charge is 0.487 e. The van der Waals surface area contributed by atoms with Crippen molar-refractivity contribution in [2.45, 2.75) is 26.8 Å². The summed E-state index contributed by atoms with van der Waals surface area (Å²) in [5.41, 5.74) is 0.512. The Kier molecular flexibility index (Phi) is 6.93. The summed E-state index contributed by atoms with van der Waals surface area (Å²) in [7, 11) is 0. The Hall–Kier alpha value is -1.69. The van der Waals surface area contributed by atoms with Gasteiger partial charge in [-0.15, -0.1) is 0 Å². The van der Waals surface area contributed by atoms with Crippen molar-refractivity contribution in [3.8, 4) is 5.75 Å². The molecular formula is C14H20F2N2O2. The van der Waals surface area contributed by atoms with Crippen LogP contribution < -0.4 is 15.4 Å². The average Bonchev–Trinajstić information content (AvgIpc) is 2.40. The first-order valence-corrected chi connectivity index (χ1v) is 6.66. The maximum absolute atomic E-state index is 13.7. The highest BCUT2D eigenvalue weighted by molar-refractivity contribution is 5.75. The molecule has 112 valence electrons. The van der Waals surface area contributed by atoms with Crippen molar-refractivity contribution in [2.75, 3.05) is 19.7 Å². The molecule has 0 atom stereocenters. The standard InChI is InChI=1S/C14H20F2N2O2/c1-3-17-9-10-7-11(15)14(12(16)8-10)20-6-5-13(19)18-4-2/h7-8,17H,3-6,9H2,1-2H3,(H,18,19). The summed E-state index contributed by atoms with van der Waals surface area (Å²) in [6.07, 6.45) is 0.0614. The van der Waals surface area contributed by atoms with Gasteiger partial charge in [0.15, 0.2) is 17.4 Å². The molecule has 0 spiro atoms. The van der Waals surface area contributed by atoms with Gasteiger partial charge in [0.2, 0.25) is 5.91 Å². The highest BCUT2D eigenvalue weighted by Crippen LogP contribution is 2.23. The van der Waals surface area contributed by atoms with Crippen molar-refractivity contribution in [1.29, 1.82) is 0 Å². The second-order valence-corrected chi connectivity index (χ2v) is 4.22. The van der Waals surface area contributed by atoms with Crippen LogP contribution in [-0.4, -0.2) is 25.6 Å². The maximum Gasteiger partial charge on any atom is 0.223 e. The predicted octanol–water partition coefficient (Wildman–Crippen LogP) is 1.98. The van der Waals surface area contributed by atoms with Crippen LogP contribution in [0.2, 0.25) is 0 Å². The van der Waals surface area contributed by atoms with Crippen LogP contribution in [0.3, 0.4) is 0 Å². The van der Waals surface area contributed by atoms with E-state index in [1.54, 1.807) is 6.92 Å². The number of amides is 1. The van der Waals surface area contributed by atoms with Crippen LogP contribution in [0.5, 0.6) is 5.75 Å². The summed E-state index contributed by atoms with van der Waals surface area (Å²) in [6, 6.07) is 2.46. The smallest absolute Gasteiger partial charge is 0.223 e.